The fourth-order valence-electron chi connectivity index (χ4n) is 2.88. The first kappa shape index (κ1) is 11.2. The van der Waals surface area contributed by atoms with Crippen molar-refractivity contribution in [2.75, 3.05) is 19.8 Å². The summed E-state index contributed by atoms with van der Waals surface area (Å²) in [6, 6.07) is 0.455. The number of fused-ring (bicyclic) bond motifs is 1. The summed E-state index contributed by atoms with van der Waals surface area (Å²) >= 11 is 0. The molecule has 4 nitrogen and oxygen atoms in total. The van der Waals surface area contributed by atoms with Gasteiger partial charge in [-0.3, -0.25) is 4.68 Å². The van der Waals surface area contributed by atoms with E-state index >= 15 is 0 Å². The molecule has 94 valence electrons. The molecule has 0 saturated carbocycles. The van der Waals surface area contributed by atoms with Crippen LogP contribution in [0.1, 0.15) is 49.2 Å². The first-order valence-electron chi connectivity index (χ1n) is 6.66. The largest absolute Gasteiger partial charge is 0.379 e. The first-order chi connectivity index (χ1) is 8.27. The average Bonchev–Trinajstić information content (AvgIpc) is 2.95. The van der Waals surface area contributed by atoms with E-state index in [1.54, 1.807) is 0 Å². The minimum atomic E-state index is 0.455. The summed E-state index contributed by atoms with van der Waals surface area (Å²) in [6.45, 7) is 8.22. The van der Waals surface area contributed by atoms with Crippen LogP contribution < -0.4 is 5.32 Å². The van der Waals surface area contributed by atoms with Gasteiger partial charge in [0, 0.05) is 13.2 Å². The highest BCUT2D eigenvalue weighted by molar-refractivity contribution is 5.31. The molecule has 17 heavy (non-hydrogen) atoms. The maximum absolute atomic E-state index is 5.49. The Hall–Kier alpha value is -0.870. The van der Waals surface area contributed by atoms with Crippen LogP contribution in [-0.2, 0) is 17.7 Å². The molecule has 0 bridgehead atoms. The van der Waals surface area contributed by atoms with E-state index in [1.807, 2.05) is 0 Å². The summed E-state index contributed by atoms with van der Waals surface area (Å²) < 4.78 is 7.73. The Morgan fingerprint density at radius 1 is 1.47 bits per heavy atom. The van der Waals surface area contributed by atoms with E-state index in [0.29, 0.717) is 12.0 Å². The standard InChI is InChI=1S/C13H21N3O/c1-9(2)13-11-3-5-14-7-12(11)16(15-13)10-4-6-17-8-10/h9-10,14H,3-8H2,1-2H3. The van der Waals surface area contributed by atoms with Crippen LogP contribution in [0.4, 0.5) is 0 Å². The van der Waals surface area contributed by atoms with Gasteiger partial charge in [-0.05, 0) is 30.9 Å². The fourth-order valence-corrected chi connectivity index (χ4v) is 2.88. The van der Waals surface area contributed by atoms with Gasteiger partial charge in [0.25, 0.3) is 0 Å². The molecular weight excluding hydrogens is 214 g/mol. The number of hydrogen-bond donors (Lipinski definition) is 1. The van der Waals surface area contributed by atoms with Gasteiger partial charge >= 0.3 is 0 Å². The summed E-state index contributed by atoms with van der Waals surface area (Å²) in [5.74, 6) is 0.519. The molecule has 0 aliphatic carbocycles. The monoisotopic (exact) mass is 235 g/mol. The van der Waals surface area contributed by atoms with Crippen LogP contribution in [0.25, 0.3) is 0 Å². The normalized spacial score (nSPS) is 24.3. The van der Waals surface area contributed by atoms with Gasteiger partial charge < -0.3 is 10.1 Å². The van der Waals surface area contributed by atoms with E-state index in [4.69, 9.17) is 9.84 Å². The Morgan fingerprint density at radius 3 is 3.06 bits per heavy atom. The lowest BCUT2D eigenvalue weighted by atomic mass is 9.99. The van der Waals surface area contributed by atoms with Crippen molar-refractivity contribution >= 4 is 0 Å². The lowest BCUT2D eigenvalue weighted by Crippen LogP contribution is -2.27. The van der Waals surface area contributed by atoms with Crippen molar-refractivity contribution in [3.63, 3.8) is 0 Å². The van der Waals surface area contributed by atoms with Crippen LogP contribution in [0.5, 0.6) is 0 Å². The second-order valence-corrected chi connectivity index (χ2v) is 5.35. The lowest BCUT2D eigenvalue weighted by Gasteiger charge is -2.18. The van der Waals surface area contributed by atoms with Crippen LogP contribution in [0.2, 0.25) is 0 Å². The quantitative estimate of drug-likeness (QED) is 0.846. The van der Waals surface area contributed by atoms with Gasteiger partial charge in [-0.1, -0.05) is 13.8 Å². The Kier molecular flexibility index (Phi) is 2.92. The molecule has 0 aromatic carbocycles. The van der Waals surface area contributed by atoms with Gasteiger partial charge in [-0.2, -0.15) is 5.10 Å². The topological polar surface area (TPSA) is 39.1 Å². The Bertz CT molecular complexity index is 405. The van der Waals surface area contributed by atoms with Crippen LogP contribution in [0.15, 0.2) is 0 Å². The van der Waals surface area contributed by atoms with Gasteiger partial charge in [0.1, 0.15) is 0 Å². The molecule has 0 spiro atoms. The lowest BCUT2D eigenvalue weighted by molar-refractivity contribution is 0.183. The Balaban J connectivity index is 2.02. The van der Waals surface area contributed by atoms with Gasteiger partial charge in [-0.25, -0.2) is 0 Å². The van der Waals surface area contributed by atoms with Gasteiger partial charge in [0.05, 0.1) is 24.0 Å². The molecule has 1 aromatic rings. The van der Waals surface area contributed by atoms with Crippen LogP contribution in [-0.4, -0.2) is 29.5 Å². The maximum atomic E-state index is 5.49. The molecule has 0 radical (unpaired) electrons. The summed E-state index contributed by atoms with van der Waals surface area (Å²) in [6.07, 6.45) is 2.22. The van der Waals surface area contributed by atoms with Crippen molar-refractivity contribution in [2.24, 2.45) is 0 Å². The van der Waals surface area contributed by atoms with E-state index < -0.39 is 0 Å². The molecule has 1 aromatic heterocycles. The van der Waals surface area contributed by atoms with Crippen LogP contribution in [0.3, 0.4) is 0 Å². The minimum absolute atomic E-state index is 0.455. The molecule has 2 aliphatic heterocycles. The zero-order valence-corrected chi connectivity index (χ0v) is 10.7. The minimum Gasteiger partial charge on any atom is -0.379 e. The number of rotatable bonds is 2. The summed E-state index contributed by atoms with van der Waals surface area (Å²) in [5, 5.41) is 8.33. The SMILES string of the molecule is CC(C)c1nn(C2CCOC2)c2c1CCNC2. The zero-order chi connectivity index (χ0) is 11.8. The van der Waals surface area contributed by atoms with Crippen molar-refractivity contribution in [3.05, 3.63) is 17.0 Å². The van der Waals surface area contributed by atoms with Gasteiger partial charge in [-0.15, -0.1) is 0 Å². The molecular formula is C13H21N3O. The highest BCUT2D eigenvalue weighted by atomic mass is 16.5. The molecule has 3 rings (SSSR count). The van der Waals surface area contributed by atoms with Gasteiger partial charge in [0.2, 0.25) is 0 Å². The van der Waals surface area contributed by atoms with E-state index in [-0.39, 0.29) is 0 Å². The second-order valence-electron chi connectivity index (χ2n) is 5.35. The molecule has 4 heteroatoms. The molecule has 1 fully saturated rings. The van der Waals surface area contributed by atoms with Crippen molar-refractivity contribution < 1.29 is 4.74 Å². The van der Waals surface area contributed by atoms with Crippen LogP contribution >= 0.6 is 0 Å². The van der Waals surface area contributed by atoms with Gasteiger partial charge in [0.15, 0.2) is 0 Å². The summed E-state index contributed by atoms with van der Waals surface area (Å²) in [7, 11) is 0. The van der Waals surface area contributed by atoms with Crippen molar-refractivity contribution in [1.29, 1.82) is 0 Å². The van der Waals surface area contributed by atoms with Crippen molar-refractivity contribution in [2.45, 2.75) is 45.2 Å². The van der Waals surface area contributed by atoms with E-state index in [2.05, 4.69) is 23.8 Å². The number of aromatic nitrogens is 2. The van der Waals surface area contributed by atoms with Crippen molar-refractivity contribution in [1.82, 2.24) is 15.1 Å². The van der Waals surface area contributed by atoms with Crippen LogP contribution in [0, 0.1) is 0 Å². The third-order valence-electron chi connectivity index (χ3n) is 3.79. The first-order valence-corrected chi connectivity index (χ1v) is 6.66. The van der Waals surface area contributed by atoms with Crippen molar-refractivity contribution in [3.8, 4) is 0 Å². The highest BCUT2D eigenvalue weighted by Crippen LogP contribution is 2.29. The smallest absolute Gasteiger partial charge is 0.0778 e. The summed E-state index contributed by atoms with van der Waals surface area (Å²) in [5.41, 5.74) is 4.19. The molecule has 2 aliphatic rings. The van der Waals surface area contributed by atoms with E-state index in [0.717, 1.165) is 39.1 Å². The maximum Gasteiger partial charge on any atom is 0.0778 e. The highest BCUT2D eigenvalue weighted by Gasteiger charge is 2.27. The molecule has 0 amide bonds. The number of ether oxygens (including phenoxy) is 1. The second kappa shape index (κ2) is 4.42. The third kappa shape index (κ3) is 1.89. The third-order valence-corrected chi connectivity index (χ3v) is 3.79. The predicted octanol–water partition coefficient (Wildman–Crippen LogP) is 1.61. The average molecular weight is 235 g/mol. The fraction of sp³-hybridized carbons (Fsp3) is 0.769. The molecule has 1 N–H and O–H groups in total. The predicted molar refractivity (Wildman–Crippen MR) is 66.2 cm³/mol. The molecule has 3 heterocycles. The molecule has 1 atom stereocenters. The number of nitrogens with zero attached hydrogens (tertiary/aromatic N) is 2. The zero-order valence-electron chi connectivity index (χ0n) is 10.7. The molecule has 1 saturated heterocycles. The van der Waals surface area contributed by atoms with E-state index in [1.165, 1.54) is 17.0 Å². The van der Waals surface area contributed by atoms with E-state index in [9.17, 15) is 0 Å². The summed E-state index contributed by atoms with van der Waals surface area (Å²) in [4.78, 5) is 0. The Morgan fingerprint density at radius 2 is 2.35 bits per heavy atom. The Labute approximate surface area is 102 Å². The molecule has 1 unspecified atom stereocenters. The number of nitrogens with one attached hydrogen (secondary N) is 1. The number of hydrogen-bond acceptors (Lipinski definition) is 3.